The summed E-state index contributed by atoms with van der Waals surface area (Å²) in [6.07, 6.45) is -0.177. The van der Waals surface area contributed by atoms with Crippen LogP contribution in [0.4, 0.5) is 11.4 Å². The first-order chi connectivity index (χ1) is 10.4. The molecule has 8 heteroatoms. The molecule has 1 heterocycles. The van der Waals surface area contributed by atoms with E-state index in [1.165, 1.54) is 9.80 Å². The van der Waals surface area contributed by atoms with Gasteiger partial charge < -0.3 is 24.7 Å². The third-order valence-electron chi connectivity index (χ3n) is 3.32. The monoisotopic (exact) mass is 308 g/mol. The van der Waals surface area contributed by atoms with Gasteiger partial charge in [-0.15, -0.1) is 0 Å². The van der Waals surface area contributed by atoms with Gasteiger partial charge in [-0.1, -0.05) is 0 Å². The van der Waals surface area contributed by atoms with Gasteiger partial charge in [0.1, 0.15) is 12.3 Å². The van der Waals surface area contributed by atoms with Gasteiger partial charge in [0.25, 0.3) is 5.91 Å². The highest BCUT2D eigenvalue weighted by atomic mass is 16.5. The summed E-state index contributed by atoms with van der Waals surface area (Å²) in [4.78, 5) is 36.1. The number of hydrogen-bond acceptors (Lipinski definition) is 5. The molecule has 2 N–H and O–H groups in total. The fourth-order valence-corrected chi connectivity index (χ4v) is 2.16. The summed E-state index contributed by atoms with van der Waals surface area (Å²) in [5, 5.41) is 17.7. The molecular weight excluding hydrogens is 292 g/mol. The number of amides is 1. The molecule has 1 amide bonds. The Morgan fingerprint density at radius 2 is 2.05 bits per heavy atom. The second kappa shape index (κ2) is 6.33. The maximum absolute atomic E-state index is 11.5. The van der Waals surface area contributed by atoms with E-state index >= 15 is 0 Å². The molecule has 0 aromatic heterocycles. The van der Waals surface area contributed by atoms with Gasteiger partial charge in [-0.2, -0.15) is 0 Å². The van der Waals surface area contributed by atoms with Crippen molar-refractivity contribution >= 4 is 29.2 Å². The maximum Gasteiger partial charge on any atom is 0.323 e. The van der Waals surface area contributed by atoms with Crippen molar-refractivity contribution in [2.24, 2.45) is 0 Å². The number of carboxylic acids is 2. The molecule has 1 aromatic rings. The second-order valence-electron chi connectivity index (χ2n) is 4.85. The molecule has 0 atom stereocenters. The molecule has 8 nitrogen and oxygen atoms in total. The lowest BCUT2D eigenvalue weighted by Gasteiger charge is -2.28. The van der Waals surface area contributed by atoms with Crippen molar-refractivity contribution in [3.63, 3.8) is 0 Å². The predicted octanol–water partition coefficient (Wildman–Crippen LogP) is 0.407. The second-order valence-corrected chi connectivity index (χ2v) is 4.85. The first-order valence-corrected chi connectivity index (χ1v) is 6.60. The summed E-state index contributed by atoms with van der Waals surface area (Å²) >= 11 is 0. The molecule has 0 fully saturated rings. The van der Waals surface area contributed by atoms with Gasteiger partial charge >= 0.3 is 11.9 Å². The normalized spacial score (nSPS) is 13.3. The summed E-state index contributed by atoms with van der Waals surface area (Å²) in [7, 11) is 1.63. The lowest BCUT2D eigenvalue weighted by molar-refractivity contribution is -0.138. The van der Waals surface area contributed by atoms with Crippen LogP contribution in [0.15, 0.2) is 18.2 Å². The number of carboxylic acid groups (broad SMARTS) is 2. The minimum absolute atomic E-state index is 0.0647. The topological polar surface area (TPSA) is 107 Å². The molecule has 0 saturated carbocycles. The lowest BCUT2D eigenvalue weighted by atomic mass is 10.2. The standard InChI is InChI=1S/C14H16N2O6/c1-15-10-3-2-9(6-11(10)22-8-12(15)17)16(7-14(20)21)5-4-13(18)19/h2-3,6H,4-5,7-8H2,1H3,(H,18,19)(H,20,21). The number of anilines is 2. The summed E-state index contributed by atoms with van der Waals surface area (Å²) in [6, 6.07) is 4.91. The maximum atomic E-state index is 11.5. The molecule has 1 aliphatic heterocycles. The highest BCUT2D eigenvalue weighted by Crippen LogP contribution is 2.34. The van der Waals surface area contributed by atoms with Gasteiger partial charge in [0, 0.05) is 25.3 Å². The smallest absolute Gasteiger partial charge is 0.323 e. The largest absolute Gasteiger partial charge is 0.481 e. The zero-order valence-electron chi connectivity index (χ0n) is 12.0. The van der Waals surface area contributed by atoms with Crippen LogP contribution >= 0.6 is 0 Å². The van der Waals surface area contributed by atoms with Crippen molar-refractivity contribution in [1.82, 2.24) is 0 Å². The Balaban J connectivity index is 2.26. The fraction of sp³-hybridized carbons (Fsp3) is 0.357. The van der Waals surface area contributed by atoms with E-state index in [1.807, 2.05) is 0 Å². The molecule has 0 bridgehead atoms. The summed E-state index contributed by atoms with van der Waals surface area (Å²) < 4.78 is 5.35. The van der Waals surface area contributed by atoms with Crippen LogP contribution in [0.1, 0.15) is 6.42 Å². The SMILES string of the molecule is CN1C(=O)COc2cc(N(CCC(=O)O)CC(=O)O)ccc21. The molecule has 0 aliphatic carbocycles. The molecular formula is C14H16N2O6. The average molecular weight is 308 g/mol. The number of fused-ring (bicyclic) bond motifs is 1. The molecule has 2 rings (SSSR count). The van der Waals surface area contributed by atoms with Crippen LogP contribution in [0, 0.1) is 0 Å². The highest BCUT2D eigenvalue weighted by molar-refractivity contribution is 5.97. The van der Waals surface area contributed by atoms with Crippen molar-refractivity contribution in [1.29, 1.82) is 0 Å². The first kappa shape index (κ1) is 15.6. The van der Waals surface area contributed by atoms with E-state index in [4.69, 9.17) is 14.9 Å². The quantitative estimate of drug-likeness (QED) is 0.783. The van der Waals surface area contributed by atoms with Crippen LogP contribution in [0.2, 0.25) is 0 Å². The molecule has 1 aromatic carbocycles. The van der Waals surface area contributed by atoms with Crippen LogP contribution in [-0.2, 0) is 14.4 Å². The van der Waals surface area contributed by atoms with Crippen LogP contribution in [0.3, 0.4) is 0 Å². The van der Waals surface area contributed by atoms with Gasteiger partial charge in [0.2, 0.25) is 0 Å². The Kier molecular flexibility index (Phi) is 4.50. The summed E-state index contributed by atoms with van der Waals surface area (Å²) in [5.41, 5.74) is 1.12. The van der Waals surface area contributed by atoms with Crippen LogP contribution in [0.25, 0.3) is 0 Å². The third-order valence-corrected chi connectivity index (χ3v) is 3.32. The lowest BCUT2D eigenvalue weighted by Crippen LogP contribution is -2.36. The van der Waals surface area contributed by atoms with Crippen molar-refractivity contribution < 1.29 is 29.3 Å². The van der Waals surface area contributed by atoms with E-state index < -0.39 is 11.9 Å². The Labute approximate surface area is 126 Å². The number of carbonyl (C=O) groups is 3. The first-order valence-electron chi connectivity index (χ1n) is 6.60. The van der Waals surface area contributed by atoms with E-state index in [9.17, 15) is 14.4 Å². The number of rotatable bonds is 6. The van der Waals surface area contributed by atoms with Crippen LogP contribution < -0.4 is 14.5 Å². The van der Waals surface area contributed by atoms with Gasteiger partial charge in [0.05, 0.1) is 12.1 Å². The fourth-order valence-electron chi connectivity index (χ4n) is 2.16. The molecule has 0 saturated heterocycles. The van der Waals surface area contributed by atoms with Gasteiger partial charge in [-0.05, 0) is 12.1 Å². The minimum atomic E-state index is -1.06. The van der Waals surface area contributed by atoms with Crippen LogP contribution in [-0.4, -0.2) is 54.8 Å². The number of benzene rings is 1. The van der Waals surface area contributed by atoms with Crippen molar-refractivity contribution in [2.75, 3.05) is 36.5 Å². The Morgan fingerprint density at radius 3 is 2.68 bits per heavy atom. The molecule has 1 aliphatic rings. The summed E-state index contributed by atoms with van der Waals surface area (Å²) in [6.45, 7) is -0.336. The van der Waals surface area contributed by atoms with Gasteiger partial charge in [0.15, 0.2) is 6.61 Å². The molecule has 0 spiro atoms. The van der Waals surface area contributed by atoms with Crippen LogP contribution in [0.5, 0.6) is 5.75 Å². The van der Waals surface area contributed by atoms with E-state index in [2.05, 4.69) is 0 Å². The van der Waals surface area contributed by atoms with Gasteiger partial charge in [-0.25, -0.2) is 0 Å². The highest BCUT2D eigenvalue weighted by Gasteiger charge is 2.23. The number of likely N-dealkylation sites (N-methyl/N-ethyl adjacent to an activating group) is 1. The molecule has 0 radical (unpaired) electrons. The van der Waals surface area contributed by atoms with E-state index in [-0.39, 0.29) is 32.0 Å². The number of ether oxygens (including phenoxy) is 1. The van der Waals surface area contributed by atoms with Gasteiger partial charge in [-0.3, -0.25) is 14.4 Å². The molecule has 118 valence electrons. The van der Waals surface area contributed by atoms with Crippen molar-refractivity contribution in [2.45, 2.75) is 6.42 Å². The number of aliphatic carboxylic acids is 2. The zero-order valence-corrected chi connectivity index (χ0v) is 12.0. The van der Waals surface area contributed by atoms with E-state index in [0.717, 1.165) is 0 Å². The van der Waals surface area contributed by atoms with E-state index in [0.29, 0.717) is 17.1 Å². The average Bonchev–Trinajstić information content (AvgIpc) is 2.46. The zero-order chi connectivity index (χ0) is 16.3. The predicted molar refractivity (Wildman–Crippen MR) is 77.4 cm³/mol. The minimum Gasteiger partial charge on any atom is -0.481 e. The number of hydrogen-bond donors (Lipinski definition) is 2. The molecule has 22 heavy (non-hydrogen) atoms. The number of carbonyl (C=O) groups excluding carboxylic acids is 1. The van der Waals surface area contributed by atoms with Crippen molar-refractivity contribution in [3.8, 4) is 5.75 Å². The third kappa shape index (κ3) is 3.46. The Bertz CT molecular complexity index is 615. The van der Waals surface area contributed by atoms with Crippen molar-refractivity contribution in [3.05, 3.63) is 18.2 Å². The summed E-state index contributed by atoms with van der Waals surface area (Å²) in [5.74, 6) is -1.77. The Morgan fingerprint density at radius 1 is 1.32 bits per heavy atom. The number of nitrogens with zero attached hydrogens (tertiary/aromatic N) is 2. The van der Waals surface area contributed by atoms with E-state index in [1.54, 1.807) is 25.2 Å². The molecule has 0 unspecified atom stereocenters. The Hall–Kier alpha value is -2.77.